The predicted octanol–water partition coefficient (Wildman–Crippen LogP) is 10.9. The van der Waals surface area contributed by atoms with Gasteiger partial charge >= 0.3 is 12.1 Å². The molecule has 0 saturated carbocycles. The summed E-state index contributed by atoms with van der Waals surface area (Å²) in [6.07, 6.45) is 2.46. The van der Waals surface area contributed by atoms with Crippen LogP contribution in [-0.2, 0) is 14.3 Å². The van der Waals surface area contributed by atoms with E-state index in [-0.39, 0.29) is 12.6 Å². The van der Waals surface area contributed by atoms with Gasteiger partial charge in [-0.3, -0.25) is 4.79 Å². The largest absolute Gasteiger partial charge is 0.513 e. The van der Waals surface area contributed by atoms with Gasteiger partial charge in [0, 0.05) is 53.2 Å². The number of nitrogens with zero attached hydrogens (tertiary/aromatic N) is 2. The van der Waals surface area contributed by atoms with E-state index in [1.54, 1.807) is 13.2 Å². The Bertz CT molecular complexity index is 1860. The van der Waals surface area contributed by atoms with Crippen LogP contribution in [0.25, 0.3) is 0 Å². The highest BCUT2D eigenvalue weighted by Gasteiger charge is 2.19. The van der Waals surface area contributed by atoms with E-state index in [2.05, 4.69) is 96.4 Å². The zero-order valence-electron chi connectivity index (χ0n) is 29.1. The third-order valence-corrected chi connectivity index (χ3v) is 8.08. The van der Waals surface area contributed by atoms with Crippen molar-refractivity contribution in [3.63, 3.8) is 0 Å². The average Bonchev–Trinajstić information content (AvgIpc) is 3.12. The number of hydrogen-bond acceptors (Lipinski definition) is 8. The van der Waals surface area contributed by atoms with Crippen LogP contribution in [0.3, 0.4) is 0 Å². The first-order chi connectivity index (χ1) is 24.3. The number of methoxy groups -OCH3 is 1. The first kappa shape index (κ1) is 35.5. The molecule has 0 aliphatic carbocycles. The maximum Gasteiger partial charge on any atom is 0.513 e. The second-order valence-electron chi connectivity index (χ2n) is 12.0. The first-order valence-electron chi connectivity index (χ1n) is 16.9. The lowest BCUT2D eigenvalue weighted by Gasteiger charge is -2.29. The fourth-order valence-electron chi connectivity index (χ4n) is 5.54. The van der Waals surface area contributed by atoms with Crippen molar-refractivity contribution in [2.24, 2.45) is 0 Å². The highest BCUT2D eigenvalue weighted by atomic mass is 16.7. The van der Waals surface area contributed by atoms with Crippen molar-refractivity contribution in [2.45, 2.75) is 46.5 Å². The summed E-state index contributed by atoms with van der Waals surface area (Å²) in [5, 5.41) is 0. The number of benzene rings is 5. The van der Waals surface area contributed by atoms with Gasteiger partial charge in [-0.15, -0.1) is 0 Å². The molecule has 0 aromatic heterocycles. The fraction of sp³-hybridized carbons (Fsp3) is 0.238. The SMILES string of the molecule is COc1cccc(N(c2ccc(C)cc2)c2cccc(N(c3ccc(C)cc3)c3cccc(OC(=O)OCCCCCCOC(C)=O)c3)c2)c1. The first-order valence-corrected chi connectivity index (χ1v) is 16.9. The maximum absolute atomic E-state index is 12.6. The molecular formula is C42H44N2O6. The molecule has 5 aromatic rings. The number of esters is 1. The Morgan fingerprint density at radius 2 is 0.960 bits per heavy atom. The van der Waals surface area contributed by atoms with E-state index >= 15 is 0 Å². The minimum Gasteiger partial charge on any atom is -0.497 e. The van der Waals surface area contributed by atoms with Gasteiger partial charge in [-0.1, -0.05) is 53.6 Å². The summed E-state index contributed by atoms with van der Waals surface area (Å²) < 4.78 is 21.5. The third-order valence-electron chi connectivity index (χ3n) is 8.08. The Kier molecular flexibility index (Phi) is 12.5. The van der Waals surface area contributed by atoms with Crippen molar-refractivity contribution in [3.8, 4) is 11.5 Å². The zero-order valence-corrected chi connectivity index (χ0v) is 29.1. The second kappa shape index (κ2) is 17.6. The maximum atomic E-state index is 12.6. The Hall–Kier alpha value is -5.76. The number of unbranched alkanes of at least 4 members (excludes halogenated alkanes) is 3. The summed E-state index contributed by atoms with van der Waals surface area (Å²) >= 11 is 0. The quantitative estimate of drug-likeness (QED) is 0.0618. The van der Waals surface area contributed by atoms with Gasteiger partial charge in [-0.05, 0) is 106 Å². The summed E-state index contributed by atoms with van der Waals surface area (Å²) in [7, 11) is 1.67. The van der Waals surface area contributed by atoms with Crippen molar-refractivity contribution in [3.05, 3.63) is 132 Å². The van der Waals surface area contributed by atoms with Gasteiger partial charge in [-0.2, -0.15) is 0 Å². The number of ether oxygens (including phenoxy) is 4. The number of aryl methyl sites for hydroxylation is 2. The summed E-state index contributed by atoms with van der Waals surface area (Å²) in [5.74, 6) is 0.869. The van der Waals surface area contributed by atoms with E-state index in [1.807, 2.05) is 42.5 Å². The van der Waals surface area contributed by atoms with Crippen molar-refractivity contribution >= 4 is 46.2 Å². The minimum atomic E-state index is -0.752. The topological polar surface area (TPSA) is 77.5 Å². The van der Waals surface area contributed by atoms with Gasteiger partial charge in [-0.25, -0.2) is 4.79 Å². The van der Waals surface area contributed by atoms with Crippen molar-refractivity contribution in [1.29, 1.82) is 0 Å². The Morgan fingerprint density at radius 3 is 1.46 bits per heavy atom. The Morgan fingerprint density at radius 1 is 0.520 bits per heavy atom. The van der Waals surface area contributed by atoms with Gasteiger partial charge in [0.15, 0.2) is 0 Å². The number of carbonyl (C=O) groups excluding carboxylic acids is 2. The summed E-state index contributed by atoms with van der Waals surface area (Å²) in [4.78, 5) is 27.8. The summed E-state index contributed by atoms with van der Waals surface area (Å²) in [5.41, 5.74) is 7.94. The minimum absolute atomic E-state index is 0.249. The molecule has 0 unspecified atom stereocenters. The van der Waals surface area contributed by atoms with E-state index in [4.69, 9.17) is 18.9 Å². The normalized spacial score (nSPS) is 10.6. The molecule has 0 fully saturated rings. The van der Waals surface area contributed by atoms with Crippen LogP contribution in [0.15, 0.2) is 121 Å². The number of anilines is 6. The molecule has 0 atom stereocenters. The van der Waals surface area contributed by atoms with E-state index in [9.17, 15) is 9.59 Å². The molecule has 50 heavy (non-hydrogen) atoms. The van der Waals surface area contributed by atoms with Crippen LogP contribution < -0.4 is 19.3 Å². The van der Waals surface area contributed by atoms with Gasteiger partial charge in [0.1, 0.15) is 11.5 Å². The summed E-state index contributed by atoms with van der Waals surface area (Å²) in [6.45, 7) is 6.20. The summed E-state index contributed by atoms with van der Waals surface area (Å²) in [6, 6.07) is 40.5. The van der Waals surface area contributed by atoms with Gasteiger partial charge in [0.2, 0.25) is 0 Å². The molecular weight excluding hydrogens is 628 g/mol. The zero-order chi connectivity index (χ0) is 35.3. The van der Waals surface area contributed by atoms with Crippen LogP contribution in [0.1, 0.15) is 43.7 Å². The van der Waals surface area contributed by atoms with Gasteiger partial charge in [0.05, 0.1) is 20.3 Å². The van der Waals surface area contributed by atoms with Crippen LogP contribution in [0.2, 0.25) is 0 Å². The monoisotopic (exact) mass is 672 g/mol. The van der Waals surface area contributed by atoms with Crippen LogP contribution in [0, 0.1) is 13.8 Å². The molecule has 8 nitrogen and oxygen atoms in total. The van der Waals surface area contributed by atoms with E-state index in [0.29, 0.717) is 18.8 Å². The molecule has 0 radical (unpaired) electrons. The lowest BCUT2D eigenvalue weighted by Crippen LogP contribution is -2.14. The lowest BCUT2D eigenvalue weighted by atomic mass is 10.1. The van der Waals surface area contributed by atoms with Crippen molar-refractivity contribution in [1.82, 2.24) is 0 Å². The molecule has 0 bridgehead atoms. The Balaban J connectivity index is 1.40. The molecule has 0 N–H and O–H groups in total. The highest BCUT2D eigenvalue weighted by Crippen LogP contribution is 2.41. The van der Waals surface area contributed by atoms with Gasteiger partial charge < -0.3 is 28.7 Å². The smallest absolute Gasteiger partial charge is 0.497 e. The molecule has 8 heteroatoms. The predicted molar refractivity (Wildman–Crippen MR) is 199 cm³/mol. The van der Waals surface area contributed by atoms with Crippen molar-refractivity contribution in [2.75, 3.05) is 30.1 Å². The van der Waals surface area contributed by atoms with Gasteiger partial charge in [0.25, 0.3) is 0 Å². The van der Waals surface area contributed by atoms with Crippen LogP contribution in [-0.4, -0.2) is 32.4 Å². The molecule has 0 amide bonds. The lowest BCUT2D eigenvalue weighted by molar-refractivity contribution is -0.141. The molecule has 0 aliphatic rings. The average molecular weight is 673 g/mol. The number of hydrogen-bond donors (Lipinski definition) is 0. The molecule has 0 heterocycles. The fourth-order valence-corrected chi connectivity index (χ4v) is 5.54. The molecule has 5 aromatic carbocycles. The molecule has 0 aliphatic heterocycles. The molecule has 258 valence electrons. The van der Waals surface area contributed by atoms with Crippen LogP contribution in [0.4, 0.5) is 38.9 Å². The standard InChI is InChI=1S/C42H44N2O6/c1-31-18-22-34(23-19-31)43(38-14-10-16-40(29-38)47-4)36-12-9-13-37(28-36)44(35-24-20-32(2)21-25-35)39-15-11-17-41(30-39)50-42(46)49-27-8-6-5-7-26-48-33(3)45/h9-25,28-30H,5-8,26-27H2,1-4H3. The number of rotatable bonds is 15. The highest BCUT2D eigenvalue weighted by molar-refractivity contribution is 5.83. The van der Waals surface area contributed by atoms with Crippen LogP contribution >= 0.6 is 0 Å². The van der Waals surface area contributed by atoms with E-state index < -0.39 is 6.16 Å². The Labute approximate surface area is 294 Å². The third kappa shape index (κ3) is 9.89. The number of carbonyl (C=O) groups is 2. The molecule has 0 saturated heterocycles. The van der Waals surface area contributed by atoms with Crippen molar-refractivity contribution < 1.29 is 28.5 Å². The molecule has 0 spiro atoms. The second-order valence-corrected chi connectivity index (χ2v) is 12.0. The molecule has 5 rings (SSSR count). The van der Waals surface area contributed by atoms with E-state index in [1.165, 1.54) is 12.5 Å². The van der Waals surface area contributed by atoms with Crippen LogP contribution in [0.5, 0.6) is 11.5 Å². The van der Waals surface area contributed by atoms with E-state index in [0.717, 1.165) is 64.7 Å².